The van der Waals surface area contributed by atoms with Crippen LogP contribution in [0.4, 0.5) is 5.82 Å². The van der Waals surface area contributed by atoms with Crippen LogP contribution in [0.3, 0.4) is 0 Å². The van der Waals surface area contributed by atoms with Gasteiger partial charge in [0.15, 0.2) is 5.69 Å². The zero-order valence-electron chi connectivity index (χ0n) is 9.84. The summed E-state index contributed by atoms with van der Waals surface area (Å²) in [6, 6.07) is 2.69. The molecule has 1 saturated carbocycles. The van der Waals surface area contributed by atoms with Crippen molar-refractivity contribution in [2.75, 3.05) is 11.4 Å². The zero-order chi connectivity index (χ0) is 11.7. The van der Waals surface area contributed by atoms with Crippen molar-refractivity contribution in [3.05, 3.63) is 18.1 Å². The van der Waals surface area contributed by atoms with Gasteiger partial charge < -0.3 is 4.90 Å². The molecule has 1 unspecified atom stereocenters. The predicted molar refractivity (Wildman–Crippen MR) is 64.5 cm³/mol. The quantitative estimate of drug-likeness (QED) is 0.778. The van der Waals surface area contributed by atoms with Gasteiger partial charge in [0.05, 0.1) is 12.4 Å². The monoisotopic (exact) mass is 228 g/mol. The molecule has 0 spiro atoms. The second-order valence-corrected chi connectivity index (χ2v) is 4.97. The van der Waals surface area contributed by atoms with Crippen LogP contribution < -0.4 is 4.90 Å². The lowest BCUT2D eigenvalue weighted by Gasteiger charge is -2.37. The van der Waals surface area contributed by atoms with Crippen molar-refractivity contribution in [3.8, 4) is 6.07 Å². The van der Waals surface area contributed by atoms with Crippen molar-refractivity contribution in [2.45, 2.75) is 38.1 Å². The molecule has 2 fully saturated rings. The number of rotatable bonds is 2. The molecule has 2 heterocycles. The molecule has 4 nitrogen and oxygen atoms in total. The van der Waals surface area contributed by atoms with E-state index < -0.39 is 0 Å². The minimum Gasteiger partial charge on any atom is -0.352 e. The first-order valence-corrected chi connectivity index (χ1v) is 6.37. The van der Waals surface area contributed by atoms with Crippen LogP contribution in [-0.2, 0) is 0 Å². The molecule has 17 heavy (non-hydrogen) atoms. The van der Waals surface area contributed by atoms with Crippen LogP contribution in [0.2, 0.25) is 0 Å². The fraction of sp³-hybridized carbons (Fsp3) is 0.615. The van der Waals surface area contributed by atoms with E-state index in [4.69, 9.17) is 5.26 Å². The number of hydrogen-bond acceptors (Lipinski definition) is 4. The SMILES string of the molecule is N#Cc1cncc(N2CCCC2C2CCC2)n1. The Hall–Kier alpha value is -1.63. The Morgan fingerprint density at radius 2 is 2.12 bits per heavy atom. The summed E-state index contributed by atoms with van der Waals surface area (Å²) in [5.41, 5.74) is 0.418. The summed E-state index contributed by atoms with van der Waals surface area (Å²) in [6.07, 6.45) is 9.90. The van der Waals surface area contributed by atoms with E-state index in [0.717, 1.165) is 18.3 Å². The lowest BCUT2D eigenvalue weighted by molar-refractivity contribution is 0.261. The van der Waals surface area contributed by atoms with Crippen LogP contribution in [0, 0.1) is 17.2 Å². The van der Waals surface area contributed by atoms with Crippen molar-refractivity contribution >= 4 is 5.82 Å². The molecule has 1 aliphatic heterocycles. The molecule has 1 saturated heterocycles. The average Bonchev–Trinajstić information content (AvgIpc) is 2.76. The van der Waals surface area contributed by atoms with E-state index in [1.54, 1.807) is 6.20 Å². The zero-order valence-corrected chi connectivity index (χ0v) is 9.84. The Balaban J connectivity index is 1.84. The van der Waals surface area contributed by atoms with E-state index in [1.807, 2.05) is 0 Å². The van der Waals surface area contributed by atoms with Crippen molar-refractivity contribution in [1.29, 1.82) is 5.26 Å². The normalized spacial score (nSPS) is 24.4. The Labute approximate surface area is 101 Å². The summed E-state index contributed by atoms with van der Waals surface area (Å²) >= 11 is 0. The van der Waals surface area contributed by atoms with Crippen molar-refractivity contribution in [2.24, 2.45) is 5.92 Å². The van der Waals surface area contributed by atoms with Gasteiger partial charge in [-0.25, -0.2) is 4.98 Å². The Morgan fingerprint density at radius 3 is 2.82 bits per heavy atom. The number of hydrogen-bond donors (Lipinski definition) is 0. The molecule has 0 bridgehead atoms. The summed E-state index contributed by atoms with van der Waals surface area (Å²) in [5.74, 6) is 1.73. The molecule has 1 aliphatic carbocycles. The highest BCUT2D eigenvalue weighted by molar-refractivity contribution is 5.41. The molecule has 0 aromatic carbocycles. The minimum absolute atomic E-state index is 0.418. The van der Waals surface area contributed by atoms with Crippen molar-refractivity contribution in [1.82, 2.24) is 9.97 Å². The maximum Gasteiger partial charge on any atom is 0.161 e. The van der Waals surface area contributed by atoms with Crippen LogP contribution >= 0.6 is 0 Å². The molecule has 0 radical (unpaired) electrons. The van der Waals surface area contributed by atoms with E-state index in [0.29, 0.717) is 11.7 Å². The maximum absolute atomic E-state index is 8.87. The minimum atomic E-state index is 0.418. The van der Waals surface area contributed by atoms with E-state index in [2.05, 4.69) is 20.9 Å². The molecule has 1 aromatic rings. The third kappa shape index (κ3) is 1.86. The highest BCUT2D eigenvalue weighted by Gasteiger charge is 2.35. The molecule has 3 rings (SSSR count). The summed E-state index contributed by atoms with van der Waals surface area (Å²) < 4.78 is 0. The van der Waals surface area contributed by atoms with Crippen LogP contribution in [0.25, 0.3) is 0 Å². The second-order valence-electron chi connectivity index (χ2n) is 4.97. The second kappa shape index (κ2) is 4.33. The van der Waals surface area contributed by atoms with Gasteiger partial charge in [0.1, 0.15) is 11.9 Å². The molecule has 1 aromatic heterocycles. The fourth-order valence-electron chi connectivity index (χ4n) is 2.94. The third-order valence-electron chi connectivity index (χ3n) is 4.02. The lowest BCUT2D eigenvalue weighted by Crippen LogP contribution is -2.39. The van der Waals surface area contributed by atoms with Crippen molar-refractivity contribution < 1.29 is 0 Å². The van der Waals surface area contributed by atoms with Gasteiger partial charge in [0, 0.05) is 12.6 Å². The van der Waals surface area contributed by atoms with E-state index in [1.165, 1.54) is 38.3 Å². The molecule has 0 amide bonds. The number of aromatic nitrogens is 2. The van der Waals surface area contributed by atoms with E-state index in [-0.39, 0.29) is 0 Å². The van der Waals surface area contributed by atoms with Crippen molar-refractivity contribution in [3.63, 3.8) is 0 Å². The van der Waals surface area contributed by atoms with Gasteiger partial charge in [-0.1, -0.05) is 6.42 Å². The summed E-state index contributed by atoms with van der Waals surface area (Å²) in [6.45, 7) is 1.06. The standard InChI is InChI=1S/C13H16N4/c14-7-11-8-15-9-13(16-11)17-6-2-5-12(17)10-3-1-4-10/h8-10,12H,1-6H2. The molecule has 4 heteroatoms. The summed E-state index contributed by atoms with van der Waals surface area (Å²) in [7, 11) is 0. The first-order chi connectivity index (χ1) is 8.38. The number of nitrogens with zero attached hydrogens (tertiary/aromatic N) is 4. The van der Waals surface area contributed by atoms with Gasteiger partial charge in [0.25, 0.3) is 0 Å². The highest BCUT2D eigenvalue weighted by Crippen LogP contribution is 2.38. The molecular formula is C13H16N4. The highest BCUT2D eigenvalue weighted by atomic mass is 15.2. The molecule has 2 aliphatic rings. The molecular weight excluding hydrogens is 212 g/mol. The van der Waals surface area contributed by atoms with Gasteiger partial charge >= 0.3 is 0 Å². The molecule has 88 valence electrons. The van der Waals surface area contributed by atoms with Gasteiger partial charge in [-0.05, 0) is 31.6 Å². The lowest BCUT2D eigenvalue weighted by atomic mass is 9.79. The first-order valence-electron chi connectivity index (χ1n) is 6.37. The van der Waals surface area contributed by atoms with Gasteiger partial charge in [-0.15, -0.1) is 0 Å². The third-order valence-corrected chi connectivity index (χ3v) is 4.02. The fourth-order valence-corrected chi connectivity index (χ4v) is 2.94. The predicted octanol–water partition coefficient (Wildman–Crippen LogP) is 2.12. The topological polar surface area (TPSA) is 52.8 Å². The average molecular weight is 228 g/mol. The van der Waals surface area contributed by atoms with Crippen LogP contribution in [0.15, 0.2) is 12.4 Å². The number of anilines is 1. The van der Waals surface area contributed by atoms with Gasteiger partial charge in [-0.3, -0.25) is 4.98 Å². The van der Waals surface area contributed by atoms with Gasteiger partial charge in [0.2, 0.25) is 0 Å². The number of nitriles is 1. The summed E-state index contributed by atoms with van der Waals surface area (Å²) in [4.78, 5) is 10.8. The van der Waals surface area contributed by atoms with Crippen LogP contribution in [0.5, 0.6) is 0 Å². The first kappa shape index (κ1) is 10.5. The molecule has 1 atom stereocenters. The Kier molecular flexibility index (Phi) is 2.68. The van der Waals surface area contributed by atoms with Crippen LogP contribution in [-0.4, -0.2) is 22.6 Å². The molecule has 0 N–H and O–H groups in total. The van der Waals surface area contributed by atoms with Gasteiger partial charge in [-0.2, -0.15) is 5.26 Å². The Morgan fingerprint density at radius 1 is 1.24 bits per heavy atom. The Bertz CT molecular complexity index is 447. The van der Waals surface area contributed by atoms with Crippen LogP contribution in [0.1, 0.15) is 37.8 Å². The largest absolute Gasteiger partial charge is 0.352 e. The summed E-state index contributed by atoms with van der Waals surface area (Å²) in [5, 5.41) is 8.87. The van der Waals surface area contributed by atoms with E-state index in [9.17, 15) is 0 Å². The smallest absolute Gasteiger partial charge is 0.161 e. The van der Waals surface area contributed by atoms with E-state index >= 15 is 0 Å². The maximum atomic E-state index is 8.87.